The molecule has 10 nitrogen and oxygen atoms in total. The van der Waals surface area contributed by atoms with Crippen LogP contribution in [0.1, 0.15) is 20.8 Å². The van der Waals surface area contributed by atoms with Crippen molar-refractivity contribution in [2.75, 3.05) is 18.7 Å². The molecule has 1 saturated heterocycles. The van der Waals surface area contributed by atoms with Gasteiger partial charge in [-0.25, -0.2) is 4.79 Å². The van der Waals surface area contributed by atoms with E-state index in [9.17, 15) is 19.2 Å². The standard InChI is InChI=1S/C17H19N3O7/c1-9(14(22)18-10-4-5-11-12(6-10)26-8-25-11)27-13(21)7-20-15(23)17(2,3)19-16(20)24/h4-6,9H,7-8H2,1-3H3,(H,18,22)(H,19,24)/t9-/m0/s1. The summed E-state index contributed by atoms with van der Waals surface area (Å²) in [7, 11) is 0. The molecule has 2 aliphatic rings. The number of carbonyl (C=O) groups excluding carboxylic acids is 4. The number of nitrogens with one attached hydrogen (secondary N) is 2. The molecule has 4 amide bonds. The summed E-state index contributed by atoms with van der Waals surface area (Å²) in [6, 6.07) is 4.17. The molecule has 1 fully saturated rings. The molecular weight excluding hydrogens is 358 g/mol. The Kier molecular flexibility index (Phi) is 4.64. The van der Waals surface area contributed by atoms with Crippen LogP contribution in [-0.4, -0.2) is 53.7 Å². The number of ether oxygens (including phenoxy) is 3. The van der Waals surface area contributed by atoms with Gasteiger partial charge in [-0.1, -0.05) is 0 Å². The molecule has 0 spiro atoms. The molecule has 1 atom stereocenters. The second-order valence-corrected chi connectivity index (χ2v) is 6.64. The summed E-state index contributed by atoms with van der Waals surface area (Å²) in [5.74, 6) is -0.909. The normalized spacial score (nSPS) is 18.1. The molecular formula is C17H19N3O7. The van der Waals surface area contributed by atoms with E-state index in [0.29, 0.717) is 17.2 Å². The SMILES string of the molecule is C[C@H](OC(=O)CN1C(=O)NC(C)(C)C1=O)C(=O)Nc1ccc2c(c1)OCO2. The molecule has 0 aliphatic carbocycles. The van der Waals surface area contributed by atoms with Gasteiger partial charge in [0.15, 0.2) is 17.6 Å². The number of amides is 4. The highest BCUT2D eigenvalue weighted by Gasteiger charge is 2.45. The largest absolute Gasteiger partial charge is 0.454 e. The van der Waals surface area contributed by atoms with Crippen LogP contribution in [0.4, 0.5) is 10.5 Å². The quantitative estimate of drug-likeness (QED) is 0.569. The Labute approximate surface area is 154 Å². The smallest absolute Gasteiger partial charge is 0.327 e. The van der Waals surface area contributed by atoms with Crippen LogP contribution in [0.25, 0.3) is 0 Å². The first-order valence-corrected chi connectivity index (χ1v) is 8.21. The van der Waals surface area contributed by atoms with Crippen molar-refractivity contribution in [3.8, 4) is 11.5 Å². The van der Waals surface area contributed by atoms with E-state index < -0.39 is 42.0 Å². The summed E-state index contributed by atoms with van der Waals surface area (Å²) < 4.78 is 15.4. The fourth-order valence-electron chi connectivity index (χ4n) is 2.60. The van der Waals surface area contributed by atoms with E-state index in [1.165, 1.54) is 20.8 Å². The summed E-state index contributed by atoms with van der Waals surface area (Å²) in [4.78, 5) is 48.8. The van der Waals surface area contributed by atoms with E-state index in [2.05, 4.69) is 10.6 Å². The van der Waals surface area contributed by atoms with Gasteiger partial charge >= 0.3 is 12.0 Å². The Morgan fingerprint density at radius 3 is 2.67 bits per heavy atom. The first kappa shape index (κ1) is 18.5. The lowest BCUT2D eigenvalue weighted by atomic mass is 10.1. The van der Waals surface area contributed by atoms with Gasteiger partial charge in [-0.3, -0.25) is 19.3 Å². The van der Waals surface area contributed by atoms with Crippen molar-refractivity contribution in [2.24, 2.45) is 0 Å². The highest BCUT2D eigenvalue weighted by molar-refractivity contribution is 6.08. The lowest BCUT2D eigenvalue weighted by Crippen LogP contribution is -2.42. The Balaban J connectivity index is 1.54. The number of fused-ring (bicyclic) bond motifs is 1. The highest BCUT2D eigenvalue weighted by Crippen LogP contribution is 2.34. The van der Waals surface area contributed by atoms with Crippen molar-refractivity contribution in [2.45, 2.75) is 32.4 Å². The number of esters is 1. The van der Waals surface area contributed by atoms with Crippen LogP contribution >= 0.6 is 0 Å². The van der Waals surface area contributed by atoms with Gasteiger partial charge in [-0.05, 0) is 32.9 Å². The van der Waals surface area contributed by atoms with Crippen molar-refractivity contribution in [3.63, 3.8) is 0 Å². The number of hydrogen-bond acceptors (Lipinski definition) is 7. The Morgan fingerprint density at radius 2 is 2.00 bits per heavy atom. The van der Waals surface area contributed by atoms with E-state index in [1.807, 2.05) is 0 Å². The zero-order chi connectivity index (χ0) is 19.8. The predicted octanol–water partition coefficient (Wildman–Crippen LogP) is 0.616. The maximum atomic E-state index is 12.2. The number of anilines is 1. The molecule has 0 unspecified atom stereocenters. The van der Waals surface area contributed by atoms with Gasteiger partial charge in [0, 0.05) is 11.8 Å². The third-order valence-electron chi connectivity index (χ3n) is 4.05. The van der Waals surface area contributed by atoms with Crippen LogP contribution < -0.4 is 20.1 Å². The number of carbonyl (C=O) groups is 4. The molecule has 0 radical (unpaired) electrons. The summed E-state index contributed by atoms with van der Waals surface area (Å²) in [6.07, 6.45) is -1.13. The van der Waals surface area contributed by atoms with Gasteiger partial charge in [-0.2, -0.15) is 0 Å². The van der Waals surface area contributed by atoms with Crippen LogP contribution in [-0.2, 0) is 19.1 Å². The molecule has 144 valence electrons. The molecule has 10 heteroatoms. The maximum absolute atomic E-state index is 12.2. The second-order valence-electron chi connectivity index (χ2n) is 6.64. The Bertz CT molecular complexity index is 821. The summed E-state index contributed by atoms with van der Waals surface area (Å²) in [5, 5.41) is 5.05. The fourth-order valence-corrected chi connectivity index (χ4v) is 2.60. The van der Waals surface area contributed by atoms with Crippen molar-refractivity contribution < 1.29 is 33.4 Å². The van der Waals surface area contributed by atoms with Crippen LogP contribution in [0.2, 0.25) is 0 Å². The third-order valence-corrected chi connectivity index (χ3v) is 4.05. The number of rotatable bonds is 5. The minimum atomic E-state index is -1.13. The molecule has 0 aromatic heterocycles. The summed E-state index contributed by atoms with van der Waals surface area (Å²) in [6.45, 7) is 3.98. The third kappa shape index (κ3) is 3.78. The molecule has 1 aromatic rings. The predicted molar refractivity (Wildman–Crippen MR) is 91.1 cm³/mol. The molecule has 1 aromatic carbocycles. The Morgan fingerprint density at radius 1 is 1.30 bits per heavy atom. The number of nitrogens with zero attached hydrogens (tertiary/aromatic N) is 1. The van der Waals surface area contributed by atoms with Crippen molar-refractivity contribution in [3.05, 3.63) is 18.2 Å². The zero-order valence-corrected chi connectivity index (χ0v) is 15.0. The average Bonchev–Trinajstić information content (AvgIpc) is 3.12. The molecule has 2 N–H and O–H groups in total. The van der Waals surface area contributed by atoms with E-state index >= 15 is 0 Å². The highest BCUT2D eigenvalue weighted by atomic mass is 16.7. The van der Waals surface area contributed by atoms with E-state index in [-0.39, 0.29) is 6.79 Å². The van der Waals surface area contributed by atoms with Crippen LogP contribution in [0.15, 0.2) is 18.2 Å². The van der Waals surface area contributed by atoms with Crippen molar-refractivity contribution in [1.82, 2.24) is 10.2 Å². The monoisotopic (exact) mass is 377 g/mol. The van der Waals surface area contributed by atoms with E-state index in [0.717, 1.165) is 4.90 Å². The van der Waals surface area contributed by atoms with Crippen LogP contribution in [0, 0.1) is 0 Å². The molecule has 3 rings (SSSR count). The van der Waals surface area contributed by atoms with Gasteiger partial charge in [0.25, 0.3) is 11.8 Å². The lowest BCUT2D eigenvalue weighted by Gasteiger charge is -2.17. The second kappa shape index (κ2) is 6.78. The molecule has 0 saturated carbocycles. The van der Waals surface area contributed by atoms with E-state index in [1.54, 1.807) is 18.2 Å². The zero-order valence-electron chi connectivity index (χ0n) is 15.0. The molecule has 2 aliphatic heterocycles. The minimum absolute atomic E-state index is 0.111. The van der Waals surface area contributed by atoms with Gasteiger partial charge < -0.3 is 24.8 Å². The molecule has 0 bridgehead atoms. The number of hydrogen-bond donors (Lipinski definition) is 2. The average molecular weight is 377 g/mol. The fraction of sp³-hybridized carbons (Fsp3) is 0.412. The van der Waals surface area contributed by atoms with Gasteiger partial charge in [0.1, 0.15) is 12.1 Å². The summed E-state index contributed by atoms with van der Waals surface area (Å²) in [5.41, 5.74) is -0.636. The molecule has 2 heterocycles. The van der Waals surface area contributed by atoms with Gasteiger partial charge in [-0.15, -0.1) is 0 Å². The minimum Gasteiger partial charge on any atom is -0.454 e. The first-order valence-electron chi connectivity index (χ1n) is 8.21. The van der Waals surface area contributed by atoms with E-state index in [4.69, 9.17) is 14.2 Å². The van der Waals surface area contributed by atoms with Gasteiger partial charge in [0.05, 0.1) is 0 Å². The van der Waals surface area contributed by atoms with Crippen molar-refractivity contribution >= 4 is 29.5 Å². The van der Waals surface area contributed by atoms with Crippen LogP contribution in [0.5, 0.6) is 11.5 Å². The number of imide groups is 1. The Hall–Kier alpha value is -3.30. The van der Waals surface area contributed by atoms with Crippen molar-refractivity contribution in [1.29, 1.82) is 0 Å². The maximum Gasteiger partial charge on any atom is 0.327 e. The van der Waals surface area contributed by atoms with Crippen LogP contribution in [0.3, 0.4) is 0 Å². The summed E-state index contributed by atoms with van der Waals surface area (Å²) >= 11 is 0. The lowest BCUT2D eigenvalue weighted by molar-refractivity contribution is -0.155. The molecule has 27 heavy (non-hydrogen) atoms. The first-order chi connectivity index (χ1) is 12.7. The number of benzene rings is 1. The topological polar surface area (TPSA) is 123 Å². The van der Waals surface area contributed by atoms with Gasteiger partial charge in [0.2, 0.25) is 6.79 Å². The number of urea groups is 1.